The largest absolute Gasteiger partial charge is 0.494 e. The minimum Gasteiger partial charge on any atom is -0.494 e. The van der Waals surface area contributed by atoms with Gasteiger partial charge in [0.25, 0.3) is 11.5 Å². The SMILES string of the molecule is CCCOc1ccc(/C=N\NC(=O)CSc2nc3ccccc3c(=O)n2-c2ccc(Br)cc2)cc1. The number of nitrogens with zero attached hydrogens (tertiary/aromatic N) is 3. The van der Waals surface area contributed by atoms with Crippen LogP contribution in [0.5, 0.6) is 5.75 Å². The smallest absolute Gasteiger partial charge is 0.266 e. The van der Waals surface area contributed by atoms with Crippen LogP contribution in [0.3, 0.4) is 0 Å². The van der Waals surface area contributed by atoms with Gasteiger partial charge in [0, 0.05) is 4.47 Å². The van der Waals surface area contributed by atoms with Crippen LogP contribution in [0.4, 0.5) is 0 Å². The van der Waals surface area contributed by atoms with Gasteiger partial charge in [-0.15, -0.1) is 0 Å². The zero-order chi connectivity index (χ0) is 24.6. The number of para-hydroxylation sites is 1. The fourth-order valence-electron chi connectivity index (χ4n) is 3.24. The van der Waals surface area contributed by atoms with Gasteiger partial charge in [-0.3, -0.25) is 14.2 Å². The molecule has 0 bridgehead atoms. The second-order valence-electron chi connectivity index (χ2n) is 7.53. The molecule has 0 saturated heterocycles. The fourth-order valence-corrected chi connectivity index (χ4v) is 4.31. The maximum absolute atomic E-state index is 13.3. The molecular formula is C26H23BrN4O3S. The van der Waals surface area contributed by atoms with E-state index in [-0.39, 0.29) is 17.2 Å². The molecule has 0 fully saturated rings. The van der Waals surface area contributed by atoms with Gasteiger partial charge in [0.1, 0.15) is 5.75 Å². The molecule has 0 atom stereocenters. The van der Waals surface area contributed by atoms with E-state index in [9.17, 15) is 9.59 Å². The van der Waals surface area contributed by atoms with Crippen LogP contribution in [0.25, 0.3) is 16.6 Å². The van der Waals surface area contributed by atoms with Crippen molar-refractivity contribution >= 4 is 50.7 Å². The van der Waals surface area contributed by atoms with E-state index in [1.54, 1.807) is 24.4 Å². The average Bonchev–Trinajstić information content (AvgIpc) is 2.88. The van der Waals surface area contributed by atoms with Gasteiger partial charge in [-0.05, 0) is 72.6 Å². The number of ether oxygens (including phenoxy) is 1. The number of amides is 1. The summed E-state index contributed by atoms with van der Waals surface area (Å²) in [4.78, 5) is 30.3. The number of thioether (sulfide) groups is 1. The molecule has 9 heteroatoms. The normalized spacial score (nSPS) is 11.1. The molecule has 0 aliphatic rings. The summed E-state index contributed by atoms with van der Waals surface area (Å²) < 4.78 is 7.99. The van der Waals surface area contributed by atoms with Crippen LogP contribution in [0.15, 0.2) is 92.3 Å². The highest BCUT2D eigenvalue weighted by Gasteiger charge is 2.14. The quantitative estimate of drug-likeness (QED) is 0.134. The van der Waals surface area contributed by atoms with E-state index in [1.807, 2.05) is 54.6 Å². The zero-order valence-corrected chi connectivity index (χ0v) is 21.4. The summed E-state index contributed by atoms with van der Waals surface area (Å²) in [6.07, 6.45) is 2.51. The zero-order valence-electron chi connectivity index (χ0n) is 19.0. The third-order valence-corrected chi connectivity index (χ3v) is 6.39. The maximum atomic E-state index is 13.3. The molecule has 178 valence electrons. The van der Waals surface area contributed by atoms with Crippen LogP contribution < -0.4 is 15.7 Å². The van der Waals surface area contributed by atoms with Crippen molar-refractivity contribution in [2.45, 2.75) is 18.5 Å². The Morgan fingerprint density at radius 3 is 2.60 bits per heavy atom. The number of carbonyl (C=O) groups is 1. The first-order valence-corrected chi connectivity index (χ1v) is 12.8. The lowest BCUT2D eigenvalue weighted by molar-refractivity contribution is -0.118. The van der Waals surface area contributed by atoms with Crippen LogP contribution in [0, 0.1) is 0 Å². The Hall–Kier alpha value is -3.43. The molecule has 1 heterocycles. The number of nitrogens with one attached hydrogen (secondary N) is 1. The number of carbonyl (C=O) groups excluding carboxylic acids is 1. The van der Waals surface area contributed by atoms with Gasteiger partial charge in [-0.25, -0.2) is 10.4 Å². The first-order chi connectivity index (χ1) is 17.0. The Bertz CT molecular complexity index is 1400. The van der Waals surface area contributed by atoms with Crippen LogP contribution in [-0.4, -0.2) is 34.0 Å². The van der Waals surface area contributed by atoms with E-state index in [1.165, 1.54) is 16.3 Å². The number of hydrazone groups is 1. The molecule has 0 aliphatic heterocycles. The molecule has 0 aliphatic carbocycles. The molecule has 4 aromatic rings. The molecule has 0 saturated carbocycles. The summed E-state index contributed by atoms with van der Waals surface area (Å²) in [6.45, 7) is 2.72. The number of aromatic nitrogens is 2. The minimum atomic E-state index is -0.307. The van der Waals surface area contributed by atoms with Gasteiger partial charge >= 0.3 is 0 Å². The van der Waals surface area contributed by atoms with E-state index in [0.29, 0.717) is 28.4 Å². The highest BCUT2D eigenvalue weighted by molar-refractivity contribution is 9.10. The fraction of sp³-hybridized carbons (Fsp3) is 0.154. The number of benzene rings is 3. The van der Waals surface area contributed by atoms with Crippen molar-refractivity contribution in [3.8, 4) is 11.4 Å². The number of hydrogen-bond donors (Lipinski definition) is 1. The predicted molar refractivity (Wildman–Crippen MR) is 144 cm³/mol. The van der Waals surface area contributed by atoms with Gasteiger partial charge in [0.2, 0.25) is 0 Å². The lowest BCUT2D eigenvalue weighted by atomic mass is 10.2. The molecule has 0 radical (unpaired) electrons. The standard InChI is InChI=1S/C26H23BrN4O3S/c1-2-15-34-21-13-7-18(8-14-21)16-28-30-24(32)17-35-26-29-23-6-4-3-5-22(23)25(33)31(26)20-11-9-19(27)10-12-20/h3-14,16H,2,15,17H2,1H3,(H,30,32)/b28-16-. The lowest BCUT2D eigenvalue weighted by Crippen LogP contribution is -2.24. The Morgan fingerprint density at radius 1 is 1.11 bits per heavy atom. The Morgan fingerprint density at radius 2 is 1.86 bits per heavy atom. The molecule has 0 unspecified atom stereocenters. The van der Waals surface area contributed by atoms with Crippen molar-refractivity contribution in [1.82, 2.24) is 15.0 Å². The highest BCUT2D eigenvalue weighted by Crippen LogP contribution is 2.22. The van der Waals surface area contributed by atoms with Gasteiger partial charge in [0.05, 0.1) is 35.2 Å². The molecule has 7 nitrogen and oxygen atoms in total. The number of fused-ring (bicyclic) bond motifs is 1. The molecule has 4 rings (SSSR count). The molecule has 0 spiro atoms. The summed E-state index contributed by atoms with van der Waals surface area (Å²) in [5.41, 5.74) is 4.42. The van der Waals surface area contributed by atoms with E-state index in [4.69, 9.17) is 4.74 Å². The number of rotatable bonds is 9. The summed E-state index contributed by atoms with van der Waals surface area (Å²) in [5, 5.41) is 4.97. The van der Waals surface area contributed by atoms with Gasteiger partial charge < -0.3 is 4.74 Å². The van der Waals surface area contributed by atoms with Crippen LogP contribution in [-0.2, 0) is 4.79 Å². The van der Waals surface area contributed by atoms with Crippen molar-refractivity contribution < 1.29 is 9.53 Å². The Kier molecular flexibility index (Phi) is 8.33. The molecular weight excluding hydrogens is 528 g/mol. The van der Waals surface area contributed by atoms with Crippen molar-refractivity contribution in [2.24, 2.45) is 5.10 Å². The van der Waals surface area contributed by atoms with E-state index in [0.717, 1.165) is 22.2 Å². The van der Waals surface area contributed by atoms with Gasteiger partial charge in [0.15, 0.2) is 5.16 Å². The number of halogens is 1. The van der Waals surface area contributed by atoms with E-state index < -0.39 is 0 Å². The summed E-state index contributed by atoms with van der Waals surface area (Å²) >= 11 is 4.59. The predicted octanol–water partition coefficient (Wildman–Crippen LogP) is 5.18. The second kappa shape index (κ2) is 11.8. The summed E-state index contributed by atoms with van der Waals surface area (Å²) in [5.74, 6) is 0.533. The molecule has 1 N–H and O–H groups in total. The molecule has 3 aromatic carbocycles. The Balaban J connectivity index is 1.47. The lowest BCUT2D eigenvalue weighted by Gasteiger charge is -2.13. The van der Waals surface area contributed by atoms with Crippen LogP contribution >= 0.6 is 27.7 Å². The Labute approximate surface area is 215 Å². The topological polar surface area (TPSA) is 85.6 Å². The van der Waals surface area contributed by atoms with Crippen molar-refractivity contribution in [3.05, 3.63) is 93.2 Å². The van der Waals surface area contributed by atoms with Crippen molar-refractivity contribution in [2.75, 3.05) is 12.4 Å². The summed E-state index contributed by atoms with van der Waals surface area (Å²) in [6, 6.07) is 22.0. The highest BCUT2D eigenvalue weighted by atomic mass is 79.9. The molecule has 1 amide bonds. The third-order valence-electron chi connectivity index (χ3n) is 4.92. The van der Waals surface area contributed by atoms with Gasteiger partial charge in [-0.1, -0.05) is 46.7 Å². The first-order valence-electron chi connectivity index (χ1n) is 11.0. The van der Waals surface area contributed by atoms with Crippen molar-refractivity contribution in [3.63, 3.8) is 0 Å². The minimum absolute atomic E-state index is 0.0441. The van der Waals surface area contributed by atoms with E-state index in [2.05, 4.69) is 38.4 Å². The van der Waals surface area contributed by atoms with Crippen molar-refractivity contribution in [1.29, 1.82) is 0 Å². The number of hydrogen-bond acceptors (Lipinski definition) is 6. The molecule has 35 heavy (non-hydrogen) atoms. The van der Waals surface area contributed by atoms with E-state index >= 15 is 0 Å². The monoisotopic (exact) mass is 550 g/mol. The maximum Gasteiger partial charge on any atom is 0.266 e. The molecule has 1 aromatic heterocycles. The average molecular weight is 551 g/mol. The second-order valence-corrected chi connectivity index (χ2v) is 9.39. The first kappa shape index (κ1) is 24.7. The summed E-state index contributed by atoms with van der Waals surface area (Å²) in [7, 11) is 0. The van der Waals surface area contributed by atoms with Crippen LogP contribution in [0.2, 0.25) is 0 Å². The van der Waals surface area contributed by atoms with Gasteiger partial charge in [-0.2, -0.15) is 5.10 Å². The third kappa shape index (κ3) is 6.37. The van der Waals surface area contributed by atoms with Crippen LogP contribution in [0.1, 0.15) is 18.9 Å².